The molecule has 2 rings (SSSR count). The lowest BCUT2D eigenvalue weighted by molar-refractivity contribution is -0.137. The van der Waals surface area contributed by atoms with E-state index >= 15 is 0 Å². The van der Waals surface area contributed by atoms with Crippen LogP contribution in [-0.4, -0.2) is 49.6 Å². The van der Waals surface area contributed by atoms with E-state index in [1.165, 1.54) is 16.4 Å². The van der Waals surface area contributed by atoms with Crippen molar-refractivity contribution in [2.45, 2.75) is 26.1 Å². The lowest BCUT2D eigenvalue weighted by Crippen LogP contribution is -2.48. The summed E-state index contributed by atoms with van der Waals surface area (Å²) in [4.78, 5) is 2.06. The standard InChI is InChI=1S/C15H21F3N2O2S/c1-2-11-23(21,22)20-9-7-19(8-10-20)12-13-3-5-14(6-4-13)15(16,17)18/h3-6H,2,7-12H2,1H3. The highest BCUT2D eigenvalue weighted by Crippen LogP contribution is 2.29. The molecule has 0 unspecified atom stereocenters. The molecule has 4 nitrogen and oxygen atoms in total. The van der Waals surface area contributed by atoms with Crippen LogP contribution in [0.4, 0.5) is 13.2 Å². The van der Waals surface area contributed by atoms with Gasteiger partial charge < -0.3 is 0 Å². The van der Waals surface area contributed by atoms with Crippen LogP contribution in [0, 0.1) is 0 Å². The fourth-order valence-electron chi connectivity index (χ4n) is 2.61. The fourth-order valence-corrected chi connectivity index (χ4v) is 4.10. The highest BCUT2D eigenvalue weighted by atomic mass is 32.2. The Morgan fingerprint density at radius 1 is 1.04 bits per heavy atom. The largest absolute Gasteiger partial charge is 0.416 e. The van der Waals surface area contributed by atoms with Gasteiger partial charge >= 0.3 is 6.18 Å². The highest BCUT2D eigenvalue weighted by Gasteiger charge is 2.30. The zero-order valence-electron chi connectivity index (χ0n) is 13.0. The average Bonchev–Trinajstić information content (AvgIpc) is 2.47. The van der Waals surface area contributed by atoms with Gasteiger partial charge in [0.2, 0.25) is 10.0 Å². The van der Waals surface area contributed by atoms with Crippen molar-refractivity contribution in [1.29, 1.82) is 0 Å². The zero-order valence-corrected chi connectivity index (χ0v) is 13.8. The number of nitrogens with zero attached hydrogens (tertiary/aromatic N) is 2. The monoisotopic (exact) mass is 350 g/mol. The summed E-state index contributed by atoms with van der Waals surface area (Å²) in [5.41, 5.74) is 0.139. The number of alkyl halides is 3. The minimum atomic E-state index is -4.32. The van der Waals surface area contributed by atoms with E-state index in [2.05, 4.69) is 4.90 Å². The van der Waals surface area contributed by atoms with Crippen LogP contribution in [0.5, 0.6) is 0 Å². The van der Waals surface area contributed by atoms with Crippen molar-refractivity contribution in [3.8, 4) is 0 Å². The molecule has 1 aromatic rings. The second-order valence-electron chi connectivity index (χ2n) is 5.69. The third-order valence-corrected chi connectivity index (χ3v) is 5.95. The number of benzene rings is 1. The van der Waals surface area contributed by atoms with E-state index in [9.17, 15) is 21.6 Å². The van der Waals surface area contributed by atoms with Crippen molar-refractivity contribution < 1.29 is 21.6 Å². The number of halogens is 3. The summed E-state index contributed by atoms with van der Waals surface area (Å²) in [6, 6.07) is 5.11. The molecule has 1 fully saturated rings. The molecule has 130 valence electrons. The SMILES string of the molecule is CCCS(=O)(=O)N1CCN(Cc2ccc(C(F)(F)F)cc2)CC1. The van der Waals surface area contributed by atoms with Gasteiger partial charge in [0.15, 0.2) is 0 Å². The first-order chi connectivity index (χ1) is 10.7. The van der Waals surface area contributed by atoms with Crippen LogP contribution in [0.3, 0.4) is 0 Å². The first-order valence-electron chi connectivity index (χ1n) is 7.58. The highest BCUT2D eigenvalue weighted by molar-refractivity contribution is 7.89. The number of sulfonamides is 1. The van der Waals surface area contributed by atoms with Crippen molar-refractivity contribution in [1.82, 2.24) is 9.21 Å². The molecule has 1 heterocycles. The molecule has 1 saturated heterocycles. The summed E-state index contributed by atoms with van der Waals surface area (Å²) >= 11 is 0. The number of hydrogen-bond donors (Lipinski definition) is 0. The van der Waals surface area contributed by atoms with Crippen LogP contribution < -0.4 is 0 Å². The molecule has 1 aromatic carbocycles. The zero-order chi connectivity index (χ0) is 17.1. The summed E-state index contributed by atoms with van der Waals surface area (Å²) in [6.07, 6.45) is -3.73. The number of piperazine rings is 1. The molecule has 0 aromatic heterocycles. The van der Waals surface area contributed by atoms with Gasteiger partial charge in [0.1, 0.15) is 0 Å². The molecule has 0 radical (unpaired) electrons. The quantitative estimate of drug-likeness (QED) is 0.819. The van der Waals surface area contributed by atoms with Gasteiger partial charge in [-0.2, -0.15) is 17.5 Å². The Balaban J connectivity index is 1.89. The average molecular weight is 350 g/mol. The second kappa shape index (κ2) is 7.19. The molecule has 0 N–H and O–H groups in total. The lowest BCUT2D eigenvalue weighted by atomic mass is 10.1. The lowest BCUT2D eigenvalue weighted by Gasteiger charge is -2.34. The smallest absolute Gasteiger partial charge is 0.296 e. The Morgan fingerprint density at radius 3 is 2.09 bits per heavy atom. The summed E-state index contributed by atoms with van der Waals surface area (Å²) in [7, 11) is -3.17. The van der Waals surface area contributed by atoms with Crippen LogP contribution in [0.25, 0.3) is 0 Å². The summed E-state index contributed by atoms with van der Waals surface area (Å²) < 4.78 is 63.0. The van der Waals surface area contributed by atoms with Gasteiger partial charge in [-0.3, -0.25) is 4.90 Å². The third-order valence-electron chi connectivity index (χ3n) is 3.87. The number of rotatable bonds is 5. The van der Waals surface area contributed by atoms with Gasteiger partial charge in [-0.1, -0.05) is 19.1 Å². The van der Waals surface area contributed by atoms with Gasteiger partial charge in [0.25, 0.3) is 0 Å². The molecule has 0 bridgehead atoms. The maximum absolute atomic E-state index is 12.5. The van der Waals surface area contributed by atoms with Crippen molar-refractivity contribution in [3.63, 3.8) is 0 Å². The fraction of sp³-hybridized carbons (Fsp3) is 0.600. The van der Waals surface area contributed by atoms with Crippen molar-refractivity contribution in [2.75, 3.05) is 31.9 Å². The molecule has 0 atom stereocenters. The normalized spacial score (nSPS) is 18.3. The minimum absolute atomic E-state index is 0.159. The van der Waals surface area contributed by atoms with Crippen LogP contribution in [-0.2, 0) is 22.7 Å². The van der Waals surface area contributed by atoms with Crippen molar-refractivity contribution in [3.05, 3.63) is 35.4 Å². The summed E-state index contributed by atoms with van der Waals surface area (Å²) in [5, 5.41) is 0. The van der Waals surface area contributed by atoms with Gasteiger partial charge in [-0.05, 0) is 24.1 Å². The predicted molar refractivity (Wildman–Crippen MR) is 82.4 cm³/mol. The van der Waals surface area contributed by atoms with Gasteiger partial charge in [-0.25, -0.2) is 8.42 Å². The third kappa shape index (κ3) is 4.92. The Kier molecular flexibility index (Phi) is 5.70. The predicted octanol–water partition coefficient (Wildman–Crippen LogP) is 2.56. The van der Waals surface area contributed by atoms with Crippen LogP contribution in [0.1, 0.15) is 24.5 Å². The number of hydrogen-bond acceptors (Lipinski definition) is 3. The van der Waals surface area contributed by atoms with E-state index in [1.54, 1.807) is 0 Å². The van der Waals surface area contributed by atoms with Gasteiger partial charge in [0.05, 0.1) is 11.3 Å². The Hall–Kier alpha value is -1.12. The first-order valence-corrected chi connectivity index (χ1v) is 9.19. The Bertz CT molecular complexity index is 607. The minimum Gasteiger partial charge on any atom is -0.296 e. The molecule has 0 aliphatic carbocycles. The molecule has 0 spiro atoms. The second-order valence-corrected chi connectivity index (χ2v) is 7.77. The molecule has 1 aliphatic rings. The Labute approximate surface area is 134 Å². The molecule has 0 amide bonds. The molecular formula is C15H21F3N2O2S. The van der Waals surface area contributed by atoms with Crippen molar-refractivity contribution >= 4 is 10.0 Å². The maximum Gasteiger partial charge on any atom is 0.416 e. The topological polar surface area (TPSA) is 40.6 Å². The molecule has 1 aliphatic heterocycles. The first kappa shape index (κ1) is 18.2. The van der Waals surface area contributed by atoms with E-state index in [-0.39, 0.29) is 5.75 Å². The van der Waals surface area contributed by atoms with E-state index in [4.69, 9.17) is 0 Å². The van der Waals surface area contributed by atoms with E-state index < -0.39 is 21.8 Å². The van der Waals surface area contributed by atoms with Crippen LogP contribution in [0.15, 0.2) is 24.3 Å². The van der Waals surface area contributed by atoms with E-state index in [0.717, 1.165) is 17.7 Å². The molecule has 23 heavy (non-hydrogen) atoms. The molecular weight excluding hydrogens is 329 g/mol. The molecule has 8 heteroatoms. The van der Waals surface area contributed by atoms with Crippen molar-refractivity contribution in [2.24, 2.45) is 0 Å². The van der Waals surface area contributed by atoms with Crippen LogP contribution >= 0.6 is 0 Å². The maximum atomic E-state index is 12.5. The van der Waals surface area contributed by atoms with Gasteiger partial charge in [-0.15, -0.1) is 0 Å². The van der Waals surface area contributed by atoms with Gasteiger partial charge in [0, 0.05) is 32.7 Å². The Morgan fingerprint density at radius 2 is 1.61 bits per heavy atom. The van der Waals surface area contributed by atoms with E-state index in [0.29, 0.717) is 39.1 Å². The summed E-state index contributed by atoms with van der Waals surface area (Å²) in [5.74, 6) is 0.159. The van der Waals surface area contributed by atoms with Crippen LogP contribution in [0.2, 0.25) is 0 Å². The van der Waals surface area contributed by atoms with E-state index in [1.807, 2.05) is 6.92 Å². The summed E-state index contributed by atoms with van der Waals surface area (Å²) in [6.45, 7) is 4.40. The molecule has 0 saturated carbocycles.